The molecule has 1 aromatic carbocycles. The Balaban J connectivity index is 1.90. The normalized spacial score (nSPS) is 15.1. The lowest BCUT2D eigenvalue weighted by Crippen LogP contribution is -2.19. The molecule has 1 aliphatic rings. The van der Waals surface area contributed by atoms with Crippen LogP contribution < -0.4 is 0 Å². The molecule has 19 heavy (non-hydrogen) atoms. The van der Waals surface area contributed by atoms with Crippen LogP contribution in [0.4, 0.5) is 0 Å². The second kappa shape index (κ2) is 7.00. The fraction of sp³-hybridized carbons (Fsp3) is 0.250. The SMILES string of the molecule is O/N=C/c1ccccc1/C=N/OCC1=NOCCO1. The molecule has 7 nitrogen and oxygen atoms in total. The van der Waals surface area contributed by atoms with E-state index in [0.717, 1.165) is 11.1 Å². The Morgan fingerprint density at radius 1 is 1.26 bits per heavy atom. The molecule has 1 aliphatic heterocycles. The predicted octanol–water partition coefficient (Wildman–Crippen LogP) is 1.21. The standard InChI is InChI=1S/C12H13N3O4/c16-13-7-10-3-1-2-4-11(10)8-14-19-9-12-15-18-6-5-17-12/h1-4,7-8,16H,5-6,9H2/b13-7+,14-8+. The minimum absolute atomic E-state index is 0.104. The average molecular weight is 263 g/mol. The van der Waals surface area contributed by atoms with Crippen LogP contribution in [0.5, 0.6) is 0 Å². The van der Waals surface area contributed by atoms with E-state index < -0.39 is 0 Å². The van der Waals surface area contributed by atoms with Gasteiger partial charge in [0, 0.05) is 11.1 Å². The van der Waals surface area contributed by atoms with Gasteiger partial charge in [-0.25, -0.2) is 0 Å². The van der Waals surface area contributed by atoms with Crippen LogP contribution in [0.3, 0.4) is 0 Å². The van der Waals surface area contributed by atoms with E-state index in [0.29, 0.717) is 19.1 Å². The monoisotopic (exact) mass is 263 g/mol. The molecule has 7 heteroatoms. The molecule has 0 fully saturated rings. The van der Waals surface area contributed by atoms with Gasteiger partial charge in [-0.3, -0.25) is 0 Å². The first kappa shape index (κ1) is 12.9. The van der Waals surface area contributed by atoms with Gasteiger partial charge in [-0.1, -0.05) is 34.6 Å². The van der Waals surface area contributed by atoms with Gasteiger partial charge in [0.25, 0.3) is 5.90 Å². The fourth-order valence-electron chi connectivity index (χ4n) is 1.40. The van der Waals surface area contributed by atoms with Crippen molar-refractivity contribution in [3.8, 4) is 0 Å². The molecule has 2 rings (SSSR count). The molecule has 0 aliphatic carbocycles. The van der Waals surface area contributed by atoms with Crippen LogP contribution in [0.2, 0.25) is 0 Å². The topological polar surface area (TPSA) is 85.0 Å². The molecule has 0 spiro atoms. The van der Waals surface area contributed by atoms with Gasteiger partial charge in [-0.2, -0.15) is 0 Å². The van der Waals surface area contributed by atoms with Gasteiger partial charge < -0.3 is 19.6 Å². The highest BCUT2D eigenvalue weighted by atomic mass is 16.7. The Bertz CT molecular complexity index is 500. The zero-order valence-electron chi connectivity index (χ0n) is 10.1. The largest absolute Gasteiger partial charge is 0.472 e. The predicted molar refractivity (Wildman–Crippen MR) is 68.7 cm³/mol. The van der Waals surface area contributed by atoms with Crippen molar-refractivity contribution in [1.29, 1.82) is 0 Å². The second-order valence-corrected chi connectivity index (χ2v) is 3.55. The van der Waals surface area contributed by atoms with Crippen molar-refractivity contribution >= 4 is 18.3 Å². The maximum absolute atomic E-state index is 8.53. The summed E-state index contributed by atoms with van der Waals surface area (Å²) in [7, 11) is 0. The molecule has 0 radical (unpaired) electrons. The molecule has 1 heterocycles. The number of ether oxygens (including phenoxy) is 1. The Morgan fingerprint density at radius 3 is 2.74 bits per heavy atom. The van der Waals surface area contributed by atoms with Crippen LogP contribution in [0.25, 0.3) is 0 Å². The lowest BCUT2D eigenvalue weighted by atomic mass is 10.1. The van der Waals surface area contributed by atoms with E-state index >= 15 is 0 Å². The Kier molecular flexibility index (Phi) is 4.74. The van der Waals surface area contributed by atoms with Crippen LogP contribution >= 0.6 is 0 Å². The lowest BCUT2D eigenvalue weighted by Gasteiger charge is -2.11. The van der Waals surface area contributed by atoms with Gasteiger partial charge >= 0.3 is 0 Å². The number of nitrogens with zero attached hydrogens (tertiary/aromatic N) is 3. The third-order valence-electron chi connectivity index (χ3n) is 2.26. The third kappa shape index (κ3) is 3.98. The summed E-state index contributed by atoms with van der Waals surface area (Å²) in [5.74, 6) is 0.355. The Hall–Kier alpha value is -2.57. The van der Waals surface area contributed by atoms with Crippen LogP contribution in [0.15, 0.2) is 39.7 Å². The summed E-state index contributed by atoms with van der Waals surface area (Å²) in [6.45, 7) is 1.01. The summed E-state index contributed by atoms with van der Waals surface area (Å²) in [6, 6.07) is 7.29. The van der Waals surface area contributed by atoms with Crippen molar-refractivity contribution in [2.45, 2.75) is 0 Å². The lowest BCUT2D eigenvalue weighted by molar-refractivity contribution is 0.0495. The summed E-state index contributed by atoms with van der Waals surface area (Å²) >= 11 is 0. The van der Waals surface area contributed by atoms with Crippen molar-refractivity contribution in [1.82, 2.24) is 0 Å². The molecule has 0 bridgehead atoms. The molecular weight excluding hydrogens is 250 g/mol. The van der Waals surface area contributed by atoms with E-state index in [-0.39, 0.29) is 6.61 Å². The molecule has 0 amide bonds. The van der Waals surface area contributed by atoms with E-state index in [1.165, 1.54) is 12.4 Å². The maximum Gasteiger partial charge on any atom is 0.267 e. The number of hydrogen-bond donors (Lipinski definition) is 1. The number of oxime groups is 3. The molecule has 0 unspecified atom stereocenters. The first-order chi connectivity index (χ1) is 9.40. The van der Waals surface area contributed by atoms with Crippen LogP contribution in [0, 0.1) is 0 Å². The molecule has 0 aromatic heterocycles. The zero-order chi connectivity index (χ0) is 13.3. The van der Waals surface area contributed by atoms with Crippen molar-refractivity contribution in [3.63, 3.8) is 0 Å². The molecule has 0 saturated carbocycles. The minimum atomic E-state index is 0.104. The summed E-state index contributed by atoms with van der Waals surface area (Å²) in [5.41, 5.74) is 1.50. The highest BCUT2D eigenvalue weighted by Gasteiger charge is 2.07. The van der Waals surface area contributed by atoms with E-state index in [1.807, 2.05) is 18.2 Å². The molecular formula is C12H13N3O4. The Morgan fingerprint density at radius 2 is 2.05 bits per heavy atom. The van der Waals surface area contributed by atoms with E-state index in [4.69, 9.17) is 19.6 Å². The van der Waals surface area contributed by atoms with Gasteiger partial charge in [0.1, 0.15) is 6.61 Å². The first-order valence-electron chi connectivity index (χ1n) is 5.63. The number of rotatable bonds is 5. The molecule has 1 N–H and O–H groups in total. The number of benzene rings is 1. The molecule has 0 saturated heterocycles. The van der Waals surface area contributed by atoms with Crippen molar-refractivity contribution in [2.24, 2.45) is 15.5 Å². The first-order valence-corrected chi connectivity index (χ1v) is 5.63. The quantitative estimate of drug-likeness (QED) is 0.491. The van der Waals surface area contributed by atoms with Crippen LogP contribution in [-0.4, -0.2) is 43.4 Å². The van der Waals surface area contributed by atoms with Crippen LogP contribution in [0.1, 0.15) is 11.1 Å². The van der Waals surface area contributed by atoms with E-state index in [1.54, 1.807) is 6.07 Å². The highest BCUT2D eigenvalue weighted by Crippen LogP contribution is 2.03. The third-order valence-corrected chi connectivity index (χ3v) is 2.26. The summed E-state index contributed by atoms with van der Waals surface area (Å²) in [4.78, 5) is 9.87. The number of hydrogen-bond acceptors (Lipinski definition) is 7. The van der Waals surface area contributed by atoms with E-state index in [2.05, 4.69) is 15.5 Å². The second-order valence-electron chi connectivity index (χ2n) is 3.55. The van der Waals surface area contributed by atoms with Crippen LogP contribution in [-0.2, 0) is 14.4 Å². The van der Waals surface area contributed by atoms with Crippen molar-refractivity contribution in [3.05, 3.63) is 35.4 Å². The van der Waals surface area contributed by atoms with Crippen molar-refractivity contribution in [2.75, 3.05) is 19.8 Å². The minimum Gasteiger partial charge on any atom is -0.472 e. The molecule has 100 valence electrons. The summed E-state index contributed by atoms with van der Waals surface area (Å²) < 4.78 is 5.16. The van der Waals surface area contributed by atoms with Gasteiger partial charge in [0.05, 0.1) is 12.4 Å². The molecule has 0 atom stereocenters. The van der Waals surface area contributed by atoms with Gasteiger partial charge in [0.15, 0.2) is 13.2 Å². The average Bonchev–Trinajstić information content (AvgIpc) is 2.47. The highest BCUT2D eigenvalue weighted by molar-refractivity contribution is 5.93. The summed E-state index contributed by atoms with van der Waals surface area (Å²) in [5, 5.41) is 19.0. The van der Waals surface area contributed by atoms with Gasteiger partial charge in [-0.15, -0.1) is 0 Å². The maximum atomic E-state index is 8.53. The van der Waals surface area contributed by atoms with Gasteiger partial charge in [0.2, 0.25) is 0 Å². The fourth-order valence-corrected chi connectivity index (χ4v) is 1.40. The van der Waals surface area contributed by atoms with Gasteiger partial charge in [-0.05, 0) is 5.16 Å². The van der Waals surface area contributed by atoms with Crippen molar-refractivity contribution < 1.29 is 19.6 Å². The molecule has 1 aromatic rings. The van der Waals surface area contributed by atoms with E-state index in [9.17, 15) is 0 Å². The summed E-state index contributed by atoms with van der Waals surface area (Å²) in [6.07, 6.45) is 2.84. The smallest absolute Gasteiger partial charge is 0.267 e. The Labute approximate surface area is 109 Å². The zero-order valence-corrected chi connectivity index (χ0v) is 10.1.